The SMILES string of the molecule is Cc1ccc(S(=O)c2ccccc2C[C@@H](O)[C@H](C)C(=O)SC(C)(C)C)cc1. The molecule has 0 aliphatic rings. The first-order valence-electron chi connectivity index (χ1n) is 9.06. The molecule has 0 aliphatic carbocycles. The second-order valence-corrected chi connectivity index (χ2v) is 11.1. The quantitative estimate of drug-likeness (QED) is 0.754. The molecule has 27 heavy (non-hydrogen) atoms. The van der Waals surface area contributed by atoms with Gasteiger partial charge in [0.05, 0.1) is 22.8 Å². The van der Waals surface area contributed by atoms with Crippen molar-refractivity contribution in [3.63, 3.8) is 0 Å². The molecule has 0 bridgehead atoms. The molecule has 3 atom stereocenters. The largest absolute Gasteiger partial charge is 0.392 e. The van der Waals surface area contributed by atoms with Crippen LogP contribution in [0, 0.1) is 12.8 Å². The number of hydrogen-bond donors (Lipinski definition) is 1. The number of carbonyl (C=O) groups excluding carboxylic acids is 1. The third-order valence-corrected chi connectivity index (χ3v) is 6.88. The highest BCUT2D eigenvalue weighted by Gasteiger charge is 2.27. The topological polar surface area (TPSA) is 54.4 Å². The lowest BCUT2D eigenvalue weighted by atomic mass is 9.99. The molecule has 0 heterocycles. The maximum Gasteiger partial charge on any atom is 0.194 e. The van der Waals surface area contributed by atoms with Gasteiger partial charge in [0.1, 0.15) is 0 Å². The van der Waals surface area contributed by atoms with Crippen molar-refractivity contribution in [3.05, 3.63) is 59.7 Å². The van der Waals surface area contributed by atoms with Crippen molar-refractivity contribution < 1.29 is 14.1 Å². The Hall–Kier alpha value is -1.43. The summed E-state index contributed by atoms with van der Waals surface area (Å²) in [5.74, 6) is -0.491. The second kappa shape index (κ2) is 9.18. The molecule has 1 unspecified atom stereocenters. The van der Waals surface area contributed by atoms with Gasteiger partial charge in [-0.05, 0) is 30.7 Å². The first-order chi connectivity index (χ1) is 12.6. The Morgan fingerprint density at radius 3 is 2.30 bits per heavy atom. The van der Waals surface area contributed by atoms with Gasteiger partial charge in [-0.1, -0.05) is 75.4 Å². The number of aliphatic hydroxyl groups excluding tert-OH is 1. The lowest BCUT2D eigenvalue weighted by Crippen LogP contribution is -2.28. The lowest BCUT2D eigenvalue weighted by molar-refractivity contribution is -0.116. The Balaban J connectivity index is 2.19. The number of carbonyl (C=O) groups is 1. The average molecular weight is 405 g/mol. The number of hydrogen-bond acceptors (Lipinski definition) is 4. The third-order valence-electron chi connectivity index (χ3n) is 4.19. The molecule has 0 saturated carbocycles. The highest BCUT2D eigenvalue weighted by Crippen LogP contribution is 2.29. The van der Waals surface area contributed by atoms with Gasteiger partial charge in [0.2, 0.25) is 0 Å². The molecule has 0 radical (unpaired) electrons. The molecular weight excluding hydrogens is 376 g/mol. The summed E-state index contributed by atoms with van der Waals surface area (Å²) in [5, 5.41) is 10.6. The number of aliphatic hydroxyl groups is 1. The van der Waals surface area contributed by atoms with Crippen LogP contribution in [-0.4, -0.2) is 25.3 Å². The van der Waals surface area contributed by atoms with Crippen LogP contribution in [0.1, 0.15) is 38.8 Å². The van der Waals surface area contributed by atoms with Crippen LogP contribution in [0.2, 0.25) is 0 Å². The van der Waals surface area contributed by atoms with Crippen LogP contribution in [0.15, 0.2) is 58.3 Å². The Kier molecular flexibility index (Phi) is 7.43. The molecule has 0 aliphatic heterocycles. The van der Waals surface area contributed by atoms with E-state index in [1.807, 2.05) is 76.2 Å². The fourth-order valence-corrected chi connectivity index (χ4v) is 4.77. The minimum atomic E-state index is -1.32. The van der Waals surface area contributed by atoms with E-state index in [1.165, 1.54) is 11.8 Å². The average Bonchev–Trinajstić information content (AvgIpc) is 2.60. The van der Waals surface area contributed by atoms with Crippen LogP contribution in [0.3, 0.4) is 0 Å². The summed E-state index contributed by atoms with van der Waals surface area (Å²) < 4.78 is 12.8. The van der Waals surface area contributed by atoms with E-state index in [4.69, 9.17) is 0 Å². The summed E-state index contributed by atoms with van der Waals surface area (Å²) in [4.78, 5) is 13.8. The molecule has 0 fully saturated rings. The number of benzene rings is 2. The van der Waals surface area contributed by atoms with Crippen molar-refractivity contribution in [2.24, 2.45) is 5.92 Å². The van der Waals surface area contributed by atoms with E-state index in [2.05, 4.69) is 0 Å². The van der Waals surface area contributed by atoms with E-state index >= 15 is 0 Å². The van der Waals surface area contributed by atoms with Gasteiger partial charge in [0.15, 0.2) is 5.12 Å². The van der Waals surface area contributed by atoms with Crippen molar-refractivity contribution in [1.29, 1.82) is 0 Å². The molecule has 0 amide bonds. The summed E-state index contributed by atoms with van der Waals surface area (Å²) in [6, 6.07) is 15.0. The molecule has 2 aromatic carbocycles. The molecule has 2 rings (SSSR count). The van der Waals surface area contributed by atoms with E-state index in [-0.39, 0.29) is 9.86 Å². The van der Waals surface area contributed by atoms with Gasteiger partial charge >= 0.3 is 0 Å². The molecule has 1 N–H and O–H groups in total. The summed E-state index contributed by atoms with van der Waals surface area (Å²) in [7, 11) is -1.32. The van der Waals surface area contributed by atoms with Gasteiger partial charge in [-0.25, -0.2) is 4.21 Å². The highest BCUT2D eigenvalue weighted by atomic mass is 32.2. The third kappa shape index (κ3) is 6.30. The zero-order valence-electron chi connectivity index (χ0n) is 16.6. The zero-order valence-corrected chi connectivity index (χ0v) is 18.2. The first kappa shape index (κ1) is 21.9. The Morgan fingerprint density at radius 2 is 1.70 bits per heavy atom. The molecule has 0 saturated heterocycles. The highest BCUT2D eigenvalue weighted by molar-refractivity contribution is 8.14. The van der Waals surface area contributed by atoms with Gasteiger partial charge in [0, 0.05) is 21.0 Å². The minimum absolute atomic E-state index is 0.0212. The summed E-state index contributed by atoms with van der Waals surface area (Å²) in [5.41, 5.74) is 1.92. The fourth-order valence-electron chi connectivity index (χ4n) is 2.60. The molecule has 0 aromatic heterocycles. The number of aryl methyl sites for hydroxylation is 1. The summed E-state index contributed by atoms with van der Waals surface area (Å²) >= 11 is 1.25. The molecule has 0 spiro atoms. The van der Waals surface area contributed by atoms with Crippen molar-refractivity contribution in [3.8, 4) is 0 Å². The molecular formula is C22H28O3S2. The Labute approximate surface area is 169 Å². The fraction of sp³-hybridized carbons (Fsp3) is 0.409. The predicted molar refractivity (Wildman–Crippen MR) is 114 cm³/mol. The van der Waals surface area contributed by atoms with Crippen LogP contribution in [0.25, 0.3) is 0 Å². The van der Waals surface area contributed by atoms with Gasteiger partial charge < -0.3 is 5.11 Å². The lowest BCUT2D eigenvalue weighted by Gasteiger charge is -2.23. The van der Waals surface area contributed by atoms with Crippen LogP contribution < -0.4 is 0 Å². The molecule has 2 aromatic rings. The Bertz CT molecular complexity index is 807. The minimum Gasteiger partial charge on any atom is -0.392 e. The van der Waals surface area contributed by atoms with E-state index in [9.17, 15) is 14.1 Å². The zero-order chi connectivity index (χ0) is 20.2. The smallest absolute Gasteiger partial charge is 0.194 e. The van der Waals surface area contributed by atoms with Crippen LogP contribution >= 0.6 is 11.8 Å². The van der Waals surface area contributed by atoms with Crippen LogP contribution in [0.4, 0.5) is 0 Å². The maximum atomic E-state index is 13.0. The second-order valence-electron chi connectivity index (χ2n) is 7.78. The normalized spacial score (nSPS) is 15.2. The van der Waals surface area contributed by atoms with Crippen molar-refractivity contribution >= 4 is 27.7 Å². The summed E-state index contributed by atoms with van der Waals surface area (Å²) in [6.45, 7) is 9.69. The van der Waals surface area contributed by atoms with E-state index in [0.29, 0.717) is 11.3 Å². The Morgan fingerprint density at radius 1 is 1.11 bits per heavy atom. The number of rotatable bonds is 6. The monoisotopic (exact) mass is 404 g/mol. The molecule has 3 nitrogen and oxygen atoms in total. The molecule has 5 heteroatoms. The van der Waals surface area contributed by atoms with E-state index in [1.54, 1.807) is 6.92 Å². The van der Waals surface area contributed by atoms with Gasteiger partial charge in [-0.2, -0.15) is 0 Å². The standard InChI is InChI=1S/C22H28O3S2/c1-15-10-12-18(13-11-15)27(25)20-9-7-6-8-17(20)14-19(23)16(2)21(24)26-22(3,4)5/h6-13,16,19,23H,14H2,1-5H3/t16-,19+,27?/m0/s1. The van der Waals surface area contributed by atoms with Gasteiger partial charge in [-0.3, -0.25) is 4.79 Å². The van der Waals surface area contributed by atoms with Crippen LogP contribution in [-0.2, 0) is 22.0 Å². The predicted octanol–water partition coefficient (Wildman–Crippen LogP) is 4.76. The number of thioether (sulfide) groups is 1. The van der Waals surface area contributed by atoms with Crippen LogP contribution in [0.5, 0.6) is 0 Å². The van der Waals surface area contributed by atoms with Crippen molar-refractivity contribution in [2.45, 2.75) is 61.7 Å². The van der Waals surface area contributed by atoms with Gasteiger partial charge in [0.25, 0.3) is 0 Å². The summed E-state index contributed by atoms with van der Waals surface area (Å²) in [6.07, 6.45) is -0.519. The van der Waals surface area contributed by atoms with E-state index < -0.39 is 22.8 Å². The first-order valence-corrected chi connectivity index (χ1v) is 11.0. The van der Waals surface area contributed by atoms with Crippen molar-refractivity contribution in [1.82, 2.24) is 0 Å². The van der Waals surface area contributed by atoms with E-state index in [0.717, 1.165) is 16.0 Å². The maximum absolute atomic E-state index is 13.0. The van der Waals surface area contributed by atoms with Crippen molar-refractivity contribution in [2.75, 3.05) is 0 Å². The van der Waals surface area contributed by atoms with Gasteiger partial charge in [-0.15, -0.1) is 0 Å². The molecule has 146 valence electrons.